The van der Waals surface area contributed by atoms with Crippen molar-refractivity contribution in [2.24, 2.45) is 0 Å². The molecule has 0 atom stereocenters. The van der Waals surface area contributed by atoms with Gasteiger partial charge in [-0.15, -0.1) is 0 Å². The fourth-order valence-corrected chi connectivity index (χ4v) is 4.28. The summed E-state index contributed by atoms with van der Waals surface area (Å²) in [6.45, 7) is 3.29. The molecule has 0 unspecified atom stereocenters. The molecule has 0 aliphatic heterocycles. The van der Waals surface area contributed by atoms with Crippen molar-refractivity contribution in [1.29, 1.82) is 0 Å². The number of nitrogens with two attached hydrogens (primary N) is 1. The number of anilines is 1. The highest BCUT2D eigenvalue weighted by Gasteiger charge is 2.24. The summed E-state index contributed by atoms with van der Waals surface area (Å²) < 4.78 is 36.4. The minimum absolute atomic E-state index is 0.111. The number of carboxylic acid groups (broad SMARTS) is 1. The van der Waals surface area contributed by atoms with Crippen molar-refractivity contribution in [1.82, 2.24) is 25.1 Å². The van der Waals surface area contributed by atoms with Crippen LogP contribution in [0.3, 0.4) is 0 Å². The second kappa shape index (κ2) is 10.2. The minimum Gasteiger partial charge on any atom is -0.483 e. The molecule has 0 spiro atoms. The molecule has 9 nitrogen and oxygen atoms in total. The quantitative estimate of drug-likeness (QED) is 0.194. The Bertz CT molecular complexity index is 1420. The number of hydrogen-bond acceptors (Lipinski definition) is 6. The molecule has 0 saturated heterocycles. The Morgan fingerprint density at radius 3 is 2.58 bits per heavy atom. The molecule has 12 heteroatoms. The Labute approximate surface area is 218 Å². The lowest BCUT2D eigenvalue weighted by Crippen LogP contribution is -2.44. The van der Waals surface area contributed by atoms with Gasteiger partial charge in [-0.1, -0.05) is 18.2 Å². The first kappa shape index (κ1) is 25.5. The number of aromatic nitrogens is 4. The summed E-state index contributed by atoms with van der Waals surface area (Å²) in [5.74, 6) is -0.944. The number of carbonyl (C=O) groups is 1. The number of alkyl halides is 1. The maximum atomic E-state index is 14.7. The third kappa shape index (κ3) is 5.48. The SMILES string of the molecule is CC(C)(Cc1cnc(-c2nn(Cc3c(F)cc(OCI)cc3F)c3ccccc23)nc1N)NC(=O)O. The number of rotatable bonds is 8. The van der Waals surface area contributed by atoms with Gasteiger partial charge in [0.15, 0.2) is 5.82 Å². The molecule has 0 bridgehead atoms. The highest BCUT2D eigenvalue weighted by Crippen LogP contribution is 2.29. The van der Waals surface area contributed by atoms with Gasteiger partial charge in [0.25, 0.3) is 0 Å². The lowest BCUT2D eigenvalue weighted by Gasteiger charge is -2.24. The summed E-state index contributed by atoms with van der Waals surface area (Å²) in [6.07, 6.45) is 0.659. The number of para-hydroxylation sites is 1. The predicted molar refractivity (Wildman–Crippen MR) is 139 cm³/mol. The fourth-order valence-electron chi connectivity index (χ4n) is 3.92. The van der Waals surface area contributed by atoms with Gasteiger partial charge in [0.2, 0.25) is 0 Å². The normalized spacial score (nSPS) is 11.6. The third-order valence-corrected chi connectivity index (χ3v) is 5.80. The van der Waals surface area contributed by atoms with Crippen LogP contribution in [0.15, 0.2) is 42.6 Å². The number of hydrogen-bond donors (Lipinski definition) is 3. The Balaban J connectivity index is 1.70. The summed E-state index contributed by atoms with van der Waals surface area (Å²) >= 11 is 1.95. The number of nitrogen functional groups attached to an aromatic ring is 1. The molecule has 0 fully saturated rings. The van der Waals surface area contributed by atoms with Crippen LogP contribution in [0, 0.1) is 11.6 Å². The van der Waals surface area contributed by atoms with E-state index in [1.807, 2.05) is 34.7 Å². The number of ether oxygens (including phenoxy) is 1. The van der Waals surface area contributed by atoms with Gasteiger partial charge in [-0.25, -0.2) is 23.5 Å². The minimum atomic E-state index is -1.15. The molecule has 0 aliphatic carbocycles. The lowest BCUT2D eigenvalue weighted by atomic mass is 9.96. The molecular formula is C24H23F2IN6O3. The Hall–Kier alpha value is -3.55. The van der Waals surface area contributed by atoms with E-state index in [4.69, 9.17) is 15.6 Å². The topological polar surface area (TPSA) is 128 Å². The van der Waals surface area contributed by atoms with Crippen molar-refractivity contribution in [2.45, 2.75) is 32.4 Å². The van der Waals surface area contributed by atoms with E-state index in [0.717, 1.165) is 12.1 Å². The van der Waals surface area contributed by atoms with Gasteiger partial charge in [0, 0.05) is 46.8 Å². The van der Waals surface area contributed by atoms with Crippen molar-refractivity contribution in [3.8, 4) is 17.3 Å². The highest BCUT2D eigenvalue weighted by atomic mass is 127. The van der Waals surface area contributed by atoms with Crippen LogP contribution in [0.1, 0.15) is 25.0 Å². The van der Waals surface area contributed by atoms with E-state index in [9.17, 15) is 13.6 Å². The van der Waals surface area contributed by atoms with Gasteiger partial charge in [-0.3, -0.25) is 4.68 Å². The number of amides is 1. The number of halogens is 3. The van der Waals surface area contributed by atoms with Gasteiger partial charge < -0.3 is 20.9 Å². The lowest BCUT2D eigenvalue weighted by molar-refractivity contribution is 0.182. The monoisotopic (exact) mass is 608 g/mol. The van der Waals surface area contributed by atoms with E-state index in [1.165, 1.54) is 10.9 Å². The summed E-state index contributed by atoms with van der Waals surface area (Å²) in [7, 11) is 0. The van der Waals surface area contributed by atoms with Crippen LogP contribution in [0.4, 0.5) is 19.4 Å². The molecule has 2 heterocycles. The first-order valence-electron chi connectivity index (χ1n) is 10.8. The van der Waals surface area contributed by atoms with Crippen molar-refractivity contribution >= 4 is 45.4 Å². The maximum absolute atomic E-state index is 14.7. The third-order valence-electron chi connectivity index (χ3n) is 5.49. The standard InChI is InChI=1S/C24H23F2IN6O3/c1-24(2,31-23(34)35)9-13-10-29-22(30-21(13)28)20-15-5-3-4-6-19(15)33(32-20)11-16-17(25)7-14(36-12-27)8-18(16)26/h3-8,10,31H,9,11-12H2,1-2H3,(H,34,35)(H2,28,29,30). The smallest absolute Gasteiger partial charge is 0.405 e. The molecule has 1 amide bonds. The summed E-state index contributed by atoms with van der Waals surface area (Å²) in [4.78, 5) is 19.8. The zero-order valence-electron chi connectivity index (χ0n) is 19.4. The molecule has 2 aromatic heterocycles. The summed E-state index contributed by atoms with van der Waals surface area (Å²) in [5.41, 5.74) is 6.84. The zero-order chi connectivity index (χ0) is 26.0. The van der Waals surface area contributed by atoms with Gasteiger partial charge in [-0.05, 0) is 42.5 Å². The Morgan fingerprint density at radius 2 is 1.94 bits per heavy atom. The first-order chi connectivity index (χ1) is 17.1. The largest absolute Gasteiger partial charge is 0.483 e. The molecule has 0 saturated carbocycles. The Morgan fingerprint density at radius 1 is 1.25 bits per heavy atom. The molecule has 188 valence electrons. The second-order valence-corrected chi connectivity index (χ2v) is 9.36. The van der Waals surface area contributed by atoms with E-state index in [1.54, 1.807) is 26.0 Å². The van der Waals surface area contributed by atoms with Crippen LogP contribution in [0.25, 0.3) is 22.4 Å². The van der Waals surface area contributed by atoms with Crippen molar-refractivity contribution in [2.75, 3.05) is 10.3 Å². The average molecular weight is 608 g/mol. The number of benzene rings is 2. The number of nitrogens with zero attached hydrogens (tertiary/aromatic N) is 4. The van der Waals surface area contributed by atoms with E-state index in [-0.39, 0.29) is 40.5 Å². The van der Waals surface area contributed by atoms with Crippen LogP contribution in [0.5, 0.6) is 5.75 Å². The van der Waals surface area contributed by atoms with Crippen LogP contribution in [-0.2, 0) is 13.0 Å². The van der Waals surface area contributed by atoms with Gasteiger partial charge in [0.05, 0.1) is 12.1 Å². The van der Waals surface area contributed by atoms with Crippen molar-refractivity contribution < 1.29 is 23.4 Å². The van der Waals surface area contributed by atoms with Gasteiger partial charge in [0.1, 0.15) is 33.5 Å². The van der Waals surface area contributed by atoms with E-state index >= 15 is 0 Å². The molecule has 0 radical (unpaired) electrons. The molecule has 2 aromatic carbocycles. The molecule has 4 aromatic rings. The van der Waals surface area contributed by atoms with Crippen LogP contribution >= 0.6 is 22.6 Å². The molecular weight excluding hydrogens is 585 g/mol. The zero-order valence-corrected chi connectivity index (χ0v) is 21.6. The molecule has 4 N–H and O–H groups in total. The van der Waals surface area contributed by atoms with Gasteiger partial charge >= 0.3 is 6.09 Å². The van der Waals surface area contributed by atoms with Crippen molar-refractivity contribution in [3.63, 3.8) is 0 Å². The predicted octanol–water partition coefficient (Wildman–Crippen LogP) is 4.76. The van der Waals surface area contributed by atoms with Crippen LogP contribution in [-0.4, -0.2) is 41.1 Å². The summed E-state index contributed by atoms with van der Waals surface area (Å²) in [5, 5.41) is 16.7. The van der Waals surface area contributed by atoms with E-state index < -0.39 is 23.3 Å². The first-order valence-corrected chi connectivity index (χ1v) is 12.4. The fraction of sp³-hybridized carbons (Fsp3) is 0.250. The maximum Gasteiger partial charge on any atom is 0.405 e. The van der Waals surface area contributed by atoms with Gasteiger partial charge in [-0.2, -0.15) is 5.10 Å². The average Bonchev–Trinajstić information content (AvgIpc) is 3.15. The molecule has 0 aliphatic rings. The molecule has 4 rings (SSSR count). The van der Waals surface area contributed by atoms with Crippen LogP contribution in [0.2, 0.25) is 0 Å². The summed E-state index contributed by atoms with van der Waals surface area (Å²) in [6, 6.07) is 9.50. The second-order valence-electron chi connectivity index (χ2n) is 8.74. The van der Waals surface area contributed by atoms with E-state index in [2.05, 4.69) is 20.4 Å². The van der Waals surface area contributed by atoms with Crippen LogP contribution < -0.4 is 15.8 Å². The number of nitrogens with one attached hydrogen (secondary N) is 1. The Kier molecular flexibility index (Phi) is 7.24. The van der Waals surface area contributed by atoms with E-state index in [0.29, 0.717) is 22.2 Å². The van der Waals surface area contributed by atoms with Crippen molar-refractivity contribution in [3.05, 3.63) is 65.4 Å². The highest BCUT2D eigenvalue weighted by molar-refractivity contribution is 14.1. The number of fused-ring (bicyclic) bond motifs is 1. The molecule has 36 heavy (non-hydrogen) atoms.